The lowest BCUT2D eigenvalue weighted by Crippen LogP contribution is -2.39. The number of ether oxygens (including phenoxy) is 3. The van der Waals surface area contributed by atoms with E-state index in [1.807, 2.05) is 19.9 Å². The van der Waals surface area contributed by atoms with Gasteiger partial charge in [-0.3, -0.25) is 0 Å². The highest BCUT2D eigenvalue weighted by atomic mass is 16.7. The highest BCUT2D eigenvalue weighted by molar-refractivity contribution is 4.84. The fourth-order valence-corrected chi connectivity index (χ4v) is 2.90. The van der Waals surface area contributed by atoms with E-state index in [0.29, 0.717) is 5.92 Å². The molecule has 1 unspecified atom stereocenters. The number of hydrogen-bond acceptors (Lipinski definition) is 3. The van der Waals surface area contributed by atoms with Crippen LogP contribution in [0.15, 0.2) is 11.8 Å². The standard InChI is InChI=1S/C20H40O3/c1-7-9-10-11-12-13-15-19(20(4,21-5)22-6)16-14-17-23-18(3)8-2/h8,19H,7,9-17H2,1-6H3. The van der Waals surface area contributed by atoms with Gasteiger partial charge in [0.1, 0.15) is 0 Å². The fraction of sp³-hybridized carbons (Fsp3) is 0.900. The predicted molar refractivity (Wildman–Crippen MR) is 98.5 cm³/mol. The predicted octanol–water partition coefficient (Wildman–Crippen LogP) is 6.08. The molecule has 0 aromatic heterocycles. The minimum Gasteiger partial charge on any atom is -0.499 e. The normalized spacial score (nSPS) is 14.1. The van der Waals surface area contributed by atoms with Gasteiger partial charge in [-0.15, -0.1) is 0 Å². The minimum absolute atomic E-state index is 0.415. The van der Waals surface area contributed by atoms with Gasteiger partial charge in [0.05, 0.1) is 12.4 Å². The van der Waals surface area contributed by atoms with Crippen molar-refractivity contribution < 1.29 is 14.2 Å². The average Bonchev–Trinajstić information content (AvgIpc) is 2.58. The third-order valence-corrected chi connectivity index (χ3v) is 4.89. The van der Waals surface area contributed by atoms with Crippen LogP contribution in [0.2, 0.25) is 0 Å². The summed E-state index contributed by atoms with van der Waals surface area (Å²) < 4.78 is 17.0. The van der Waals surface area contributed by atoms with Gasteiger partial charge in [0.25, 0.3) is 0 Å². The molecule has 0 spiro atoms. The van der Waals surface area contributed by atoms with Crippen LogP contribution in [0.25, 0.3) is 0 Å². The van der Waals surface area contributed by atoms with Crippen LogP contribution in [0.5, 0.6) is 0 Å². The van der Waals surface area contributed by atoms with Crippen LogP contribution in [0.1, 0.15) is 85.5 Å². The zero-order chi connectivity index (χ0) is 17.6. The molecular weight excluding hydrogens is 288 g/mol. The molecule has 0 saturated heterocycles. The Balaban J connectivity index is 4.24. The number of hydrogen-bond donors (Lipinski definition) is 0. The molecule has 0 amide bonds. The second-order valence-electron chi connectivity index (χ2n) is 6.57. The summed E-state index contributed by atoms with van der Waals surface area (Å²) in [4.78, 5) is 0. The summed E-state index contributed by atoms with van der Waals surface area (Å²) in [6, 6.07) is 0. The van der Waals surface area contributed by atoms with Crippen molar-refractivity contribution in [3.8, 4) is 0 Å². The van der Waals surface area contributed by atoms with Gasteiger partial charge < -0.3 is 14.2 Å². The van der Waals surface area contributed by atoms with E-state index < -0.39 is 5.79 Å². The molecule has 3 nitrogen and oxygen atoms in total. The van der Waals surface area contributed by atoms with Gasteiger partial charge in [0.2, 0.25) is 0 Å². The lowest BCUT2D eigenvalue weighted by molar-refractivity contribution is -0.230. The molecule has 1 atom stereocenters. The van der Waals surface area contributed by atoms with Gasteiger partial charge >= 0.3 is 0 Å². The van der Waals surface area contributed by atoms with E-state index in [9.17, 15) is 0 Å². The number of methoxy groups -OCH3 is 2. The number of rotatable bonds is 15. The third kappa shape index (κ3) is 10.0. The van der Waals surface area contributed by atoms with Gasteiger partial charge in [0, 0.05) is 20.1 Å². The molecule has 0 aliphatic heterocycles. The molecule has 0 aromatic carbocycles. The minimum atomic E-state index is -0.487. The first-order valence-electron chi connectivity index (χ1n) is 9.40. The van der Waals surface area contributed by atoms with Crippen LogP contribution in [0.4, 0.5) is 0 Å². The number of allylic oxidation sites excluding steroid dienone is 2. The summed E-state index contributed by atoms with van der Waals surface area (Å²) >= 11 is 0. The summed E-state index contributed by atoms with van der Waals surface area (Å²) in [6.07, 6.45) is 13.2. The van der Waals surface area contributed by atoms with E-state index >= 15 is 0 Å². The van der Waals surface area contributed by atoms with Crippen molar-refractivity contribution in [2.75, 3.05) is 20.8 Å². The summed E-state index contributed by atoms with van der Waals surface area (Å²) in [5, 5.41) is 0. The molecule has 0 N–H and O–H groups in total. The van der Waals surface area contributed by atoms with Crippen molar-refractivity contribution in [3.63, 3.8) is 0 Å². The maximum atomic E-state index is 5.67. The molecule has 0 fully saturated rings. The first-order valence-corrected chi connectivity index (χ1v) is 9.40. The Morgan fingerprint density at radius 3 is 2.09 bits per heavy atom. The Morgan fingerprint density at radius 1 is 0.957 bits per heavy atom. The molecule has 0 radical (unpaired) electrons. The van der Waals surface area contributed by atoms with Gasteiger partial charge in [-0.2, -0.15) is 0 Å². The quantitative estimate of drug-likeness (QED) is 0.207. The molecule has 3 heteroatoms. The Bertz CT molecular complexity index is 295. The second-order valence-corrected chi connectivity index (χ2v) is 6.57. The topological polar surface area (TPSA) is 27.7 Å². The number of unbranched alkanes of at least 4 members (excludes halogenated alkanes) is 5. The van der Waals surface area contributed by atoms with E-state index in [2.05, 4.69) is 13.8 Å². The van der Waals surface area contributed by atoms with E-state index in [1.54, 1.807) is 14.2 Å². The van der Waals surface area contributed by atoms with Crippen LogP contribution in [0.3, 0.4) is 0 Å². The first kappa shape index (κ1) is 22.5. The largest absolute Gasteiger partial charge is 0.499 e. The van der Waals surface area contributed by atoms with Gasteiger partial charge in [-0.05, 0) is 40.0 Å². The Morgan fingerprint density at radius 2 is 1.52 bits per heavy atom. The molecule has 138 valence electrons. The van der Waals surface area contributed by atoms with Gasteiger partial charge in [-0.25, -0.2) is 0 Å². The van der Waals surface area contributed by atoms with E-state index in [0.717, 1.165) is 31.6 Å². The van der Waals surface area contributed by atoms with Gasteiger partial charge in [-0.1, -0.05) is 51.5 Å². The molecule has 0 aromatic rings. The summed E-state index contributed by atoms with van der Waals surface area (Å²) in [7, 11) is 3.50. The summed E-state index contributed by atoms with van der Waals surface area (Å²) in [5.74, 6) is 0.927. The third-order valence-electron chi connectivity index (χ3n) is 4.89. The average molecular weight is 329 g/mol. The SMILES string of the molecule is CC=C(C)OCCCC(CCCCCCCC)C(C)(OC)OC. The molecule has 0 aliphatic carbocycles. The lowest BCUT2D eigenvalue weighted by atomic mass is 9.88. The molecule has 0 aliphatic rings. The monoisotopic (exact) mass is 328 g/mol. The van der Waals surface area contributed by atoms with Crippen LogP contribution < -0.4 is 0 Å². The Labute approximate surface area is 144 Å². The molecule has 0 saturated carbocycles. The molecule has 0 heterocycles. The smallest absolute Gasteiger partial charge is 0.167 e. The fourth-order valence-electron chi connectivity index (χ4n) is 2.90. The van der Waals surface area contributed by atoms with Crippen LogP contribution in [0, 0.1) is 5.92 Å². The van der Waals surface area contributed by atoms with Crippen molar-refractivity contribution in [1.82, 2.24) is 0 Å². The highest BCUT2D eigenvalue weighted by Gasteiger charge is 2.33. The molecule has 23 heavy (non-hydrogen) atoms. The van der Waals surface area contributed by atoms with Crippen LogP contribution >= 0.6 is 0 Å². The van der Waals surface area contributed by atoms with Crippen LogP contribution in [-0.4, -0.2) is 26.6 Å². The van der Waals surface area contributed by atoms with Crippen molar-refractivity contribution in [3.05, 3.63) is 11.8 Å². The van der Waals surface area contributed by atoms with Crippen molar-refractivity contribution in [1.29, 1.82) is 0 Å². The Hall–Kier alpha value is -0.540. The maximum absolute atomic E-state index is 5.67. The lowest BCUT2D eigenvalue weighted by Gasteiger charge is -2.35. The highest BCUT2D eigenvalue weighted by Crippen LogP contribution is 2.31. The zero-order valence-electron chi connectivity index (χ0n) is 16.5. The summed E-state index contributed by atoms with van der Waals surface area (Å²) in [5.41, 5.74) is 0. The van der Waals surface area contributed by atoms with Crippen molar-refractivity contribution in [2.24, 2.45) is 5.92 Å². The van der Waals surface area contributed by atoms with E-state index in [4.69, 9.17) is 14.2 Å². The van der Waals surface area contributed by atoms with Crippen molar-refractivity contribution in [2.45, 2.75) is 91.3 Å². The molecule has 0 bridgehead atoms. The van der Waals surface area contributed by atoms with Crippen LogP contribution in [-0.2, 0) is 14.2 Å². The van der Waals surface area contributed by atoms with E-state index in [1.165, 1.54) is 38.5 Å². The Kier molecular flexibility index (Phi) is 13.5. The zero-order valence-corrected chi connectivity index (χ0v) is 16.5. The second kappa shape index (κ2) is 13.9. The van der Waals surface area contributed by atoms with E-state index in [-0.39, 0.29) is 0 Å². The van der Waals surface area contributed by atoms with Crippen molar-refractivity contribution >= 4 is 0 Å². The summed E-state index contributed by atoms with van der Waals surface area (Å²) in [6.45, 7) is 9.10. The van der Waals surface area contributed by atoms with Gasteiger partial charge in [0.15, 0.2) is 5.79 Å². The first-order chi connectivity index (χ1) is 11.0. The molecular formula is C20H40O3. The molecule has 0 rings (SSSR count). The maximum Gasteiger partial charge on any atom is 0.167 e.